The second-order valence-electron chi connectivity index (χ2n) is 9.80. The van der Waals surface area contributed by atoms with Crippen molar-refractivity contribution in [2.24, 2.45) is 0 Å². The number of hydrogen-bond acceptors (Lipinski definition) is 9. The number of nitrogens with one attached hydrogen (secondary N) is 1. The molecule has 0 aliphatic carbocycles. The zero-order valence-electron chi connectivity index (χ0n) is 22.9. The van der Waals surface area contributed by atoms with Gasteiger partial charge in [0.2, 0.25) is 5.95 Å². The lowest BCUT2D eigenvalue weighted by molar-refractivity contribution is -0.387. The van der Waals surface area contributed by atoms with Gasteiger partial charge >= 0.3 is 0 Å². The predicted molar refractivity (Wildman–Crippen MR) is 156 cm³/mol. The number of rotatable bonds is 9. The van der Waals surface area contributed by atoms with Gasteiger partial charge in [-0.05, 0) is 60.6 Å². The number of nitrogens with zero attached hydrogens (tertiary/aromatic N) is 4. The number of sulfonamides is 1. The van der Waals surface area contributed by atoms with Crippen LogP contribution in [-0.4, -0.2) is 49.4 Å². The van der Waals surface area contributed by atoms with Gasteiger partial charge in [-0.25, -0.2) is 23.1 Å². The average Bonchev–Trinajstić information content (AvgIpc) is 3.22. The van der Waals surface area contributed by atoms with E-state index in [0.29, 0.717) is 43.3 Å². The summed E-state index contributed by atoms with van der Waals surface area (Å²) in [4.78, 5) is 34.6. The molecule has 216 valence electrons. The molecule has 1 N–H and O–H groups in total. The number of ether oxygens (including phenoxy) is 1. The molecule has 2 heterocycles. The number of aryl methyl sites for hydroxylation is 2. The zero-order chi connectivity index (χ0) is 29.7. The summed E-state index contributed by atoms with van der Waals surface area (Å²) in [5, 5.41) is 11.4. The number of nitro benzene ring substituents is 1. The van der Waals surface area contributed by atoms with E-state index in [1.807, 2.05) is 41.1 Å². The molecule has 0 saturated carbocycles. The summed E-state index contributed by atoms with van der Waals surface area (Å²) in [6.45, 7) is 1.37. The number of hydrogen-bond donors (Lipinski definition) is 1. The van der Waals surface area contributed by atoms with Crippen LogP contribution in [0.2, 0.25) is 0 Å². The molecule has 3 aromatic carbocycles. The Kier molecular flexibility index (Phi) is 8.43. The lowest BCUT2D eigenvalue weighted by Crippen LogP contribution is -2.33. The fourth-order valence-corrected chi connectivity index (χ4v) is 6.10. The van der Waals surface area contributed by atoms with E-state index < -0.39 is 31.4 Å². The summed E-state index contributed by atoms with van der Waals surface area (Å²) in [6, 6.07) is 20.6. The third-order valence-electron chi connectivity index (χ3n) is 7.17. The Morgan fingerprint density at radius 2 is 1.69 bits per heavy atom. The van der Waals surface area contributed by atoms with Gasteiger partial charge in [0.15, 0.2) is 4.90 Å². The Bertz CT molecular complexity index is 1720. The van der Waals surface area contributed by atoms with Gasteiger partial charge in [0.1, 0.15) is 5.75 Å². The first-order valence-electron chi connectivity index (χ1n) is 13.4. The standard InChI is InChI=1S/C30H29N5O6S/c1-41-24-10-6-7-21(19-24)13-14-26-25(29(36)33-42(39,40)28-12-5-4-11-27(28)35(37)38)20-31-30(32-26)34-17-15-22-8-2-3-9-23(22)16-18-34/h2-12,19-20H,13-18H2,1H3,(H,33,36). The Hall–Kier alpha value is -4.84. The number of carbonyl (C=O) groups excluding carboxylic acids is 1. The van der Waals surface area contributed by atoms with Crippen LogP contribution in [0.25, 0.3) is 0 Å². The molecular formula is C30H29N5O6S. The van der Waals surface area contributed by atoms with Crippen molar-refractivity contribution < 1.29 is 22.9 Å². The monoisotopic (exact) mass is 587 g/mol. The maximum absolute atomic E-state index is 13.4. The van der Waals surface area contributed by atoms with Crippen molar-refractivity contribution in [2.45, 2.75) is 30.6 Å². The van der Waals surface area contributed by atoms with Crippen molar-refractivity contribution in [1.82, 2.24) is 14.7 Å². The van der Waals surface area contributed by atoms with E-state index in [1.165, 1.54) is 29.5 Å². The topological polar surface area (TPSA) is 145 Å². The highest BCUT2D eigenvalue weighted by atomic mass is 32.2. The Balaban J connectivity index is 1.45. The minimum absolute atomic E-state index is 0.0260. The van der Waals surface area contributed by atoms with Crippen LogP contribution in [0.5, 0.6) is 5.75 Å². The fourth-order valence-electron chi connectivity index (χ4n) is 4.97. The number of anilines is 1. The molecule has 4 aromatic rings. The molecule has 0 atom stereocenters. The van der Waals surface area contributed by atoms with Gasteiger partial charge in [-0.1, -0.05) is 48.5 Å². The van der Waals surface area contributed by atoms with Gasteiger partial charge in [-0.2, -0.15) is 0 Å². The molecule has 0 spiro atoms. The molecule has 0 fully saturated rings. The van der Waals surface area contributed by atoms with Gasteiger partial charge in [-0.15, -0.1) is 0 Å². The molecule has 1 aromatic heterocycles. The molecule has 0 radical (unpaired) electrons. The SMILES string of the molecule is COc1cccc(CCc2nc(N3CCc4ccccc4CC3)ncc2C(=O)NS(=O)(=O)c2ccccc2[N+](=O)[O-])c1. The Labute approximate surface area is 243 Å². The molecule has 1 aliphatic rings. The van der Waals surface area contributed by atoms with Crippen molar-refractivity contribution in [3.05, 3.63) is 117 Å². The average molecular weight is 588 g/mol. The third kappa shape index (κ3) is 6.39. The number of fused-ring (bicyclic) bond motifs is 1. The molecule has 42 heavy (non-hydrogen) atoms. The van der Waals surface area contributed by atoms with E-state index in [0.717, 1.165) is 30.5 Å². The summed E-state index contributed by atoms with van der Waals surface area (Å²) in [5.41, 5.74) is 3.19. The van der Waals surface area contributed by atoms with Crippen molar-refractivity contribution in [1.29, 1.82) is 0 Å². The van der Waals surface area contributed by atoms with Gasteiger partial charge < -0.3 is 9.64 Å². The molecule has 12 heteroatoms. The van der Waals surface area contributed by atoms with Crippen molar-refractivity contribution in [3.8, 4) is 5.75 Å². The second-order valence-corrected chi connectivity index (χ2v) is 11.4. The molecule has 11 nitrogen and oxygen atoms in total. The fraction of sp³-hybridized carbons (Fsp3) is 0.233. The molecule has 0 saturated heterocycles. The highest BCUT2D eigenvalue weighted by molar-refractivity contribution is 7.90. The minimum Gasteiger partial charge on any atom is -0.497 e. The molecule has 1 aliphatic heterocycles. The van der Waals surface area contributed by atoms with Crippen LogP contribution in [0.15, 0.2) is 83.9 Å². The summed E-state index contributed by atoms with van der Waals surface area (Å²) in [7, 11) is -2.99. The Morgan fingerprint density at radius 3 is 2.38 bits per heavy atom. The lowest BCUT2D eigenvalue weighted by atomic mass is 10.0. The van der Waals surface area contributed by atoms with E-state index in [1.54, 1.807) is 7.11 Å². The van der Waals surface area contributed by atoms with E-state index >= 15 is 0 Å². The zero-order valence-corrected chi connectivity index (χ0v) is 23.7. The first-order valence-corrected chi connectivity index (χ1v) is 14.8. The highest BCUT2D eigenvalue weighted by Crippen LogP contribution is 2.24. The van der Waals surface area contributed by atoms with Crippen LogP contribution < -0.4 is 14.4 Å². The van der Waals surface area contributed by atoms with Crippen LogP contribution in [0.4, 0.5) is 11.6 Å². The summed E-state index contributed by atoms with van der Waals surface area (Å²) >= 11 is 0. The van der Waals surface area contributed by atoms with E-state index in [9.17, 15) is 23.3 Å². The highest BCUT2D eigenvalue weighted by Gasteiger charge is 2.29. The smallest absolute Gasteiger partial charge is 0.289 e. The number of carbonyl (C=O) groups is 1. The molecule has 5 rings (SSSR count). The number of para-hydroxylation sites is 1. The lowest BCUT2D eigenvalue weighted by Gasteiger charge is -2.21. The second kappa shape index (κ2) is 12.4. The van der Waals surface area contributed by atoms with E-state index in [2.05, 4.69) is 22.0 Å². The van der Waals surface area contributed by atoms with Gasteiger partial charge in [0.05, 0.1) is 23.3 Å². The van der Waals surface area contributed by atoms with Gasteiger partial charge in [-0.3, -0.25) is 14.9 Å². The molecule has 0 unspecified atom stereocenters. The van der Waals surface area contributed by atoms with Gasteiger partial charge in [0, 0.05) is 25.4 Å². The van der Waals surface area contributed by atoms with E-state index in [-0.39, 0.29) is 5.56 Å². The predicted octanol–water partition coefficient (Wildman–Crippen LogP) is 3.90. The van der Waals surface area contributed by atoms with Crippen LogP contribution in [0, 0.1) is 10.1 Å². The first kappa shape index (κ1) is 28.7. The van der Waals surface area contributed by atoms with Crippen LogP contribution >= 0.6 is 0 Å². The molecular weight excluding hydrogens is 558 g/mol. The Morgan fingerprint density at radius 1 is 1.00 bits per heavy atom. The first-order chi connectivity index (χ1) is 20.2. The van der Waals surface area contributed by atoms with Crippen LogP contribution in [0.1, 0.15) is 32.7 Å². The van der Waals surface area contributed by atoms with Crippen LogP contribution in [0.3, 0.4) is 0 Å². The normalized spacial score (nSPS) is 13.1. The van der Waals surface area contributed by atoms with Gasteiger partial charge in [0.25, 0.3) is 21.6 Å². The number of aromatic nitrogens is 2. The van der Waals surface area contributed by atoms with Crippen molar-refractivity contribution in [2.75, 3.05) is 25.1 Å². The number of amides is 1. The number of methoxy groups -OCH3 is 1. The largest absolute Gasteiger partial charge is 0.497 e. The third-order valence-corrected chi connectivity index (χ3v) is 8.54. The quantitative estimate of drug-likeness (QED) is 0.228. The minimum atomic E-state index is -4.57. The van der Waals surface area contributed by atoms with E-state index in [4.69, 9.17) is 9.72 Å². The maximum Gasteiger partial charge on any atom is 0.289 e. The summed E-state index contributed by atoms with van der Waals surface area (Å²) in [6.07, 6.45) is 3.76. The summed E-state index contributed by atoms with van der Waals surface area (Å²) < 4.78 is 33.4. The maximum atomic E-state index is 13.4. The molecule has 1 amide bonds. The van der Waals surface area contributed by atoms with Crippen LogP contribution in [-0.2, 0) is 35.7 Å². The number of benzene rings is 3. The number of nitro groups is 1. The van der Waals surface area contributed by atoms with Crippen molar-refractivity contribution in [3.63, 3.8) is 0 Å². The van der Waals surface area contributed by atoms with Crippen molar-refractivity contribution >= 4 is 27.6 Å². The molecule has 0 bridgehead atoms. The summed E-state index contributed by atoms with van der Waals surface area (Å²) in [5.74, 6) is 0.165.